The van der Waals surface area contributed by atoms with Crippen molar-refractivity contribution in [3.05, 3.63) is 168 Å². The van der Waals surface area contributed by atoms with Crippen LogP contribution in [0.5, 0.6) is 11.5 Å². The largest absolute Gasteiger partial charge is 0.490 e. The summed E-state index contributed by atoms with van der Waals surface area (Å²) < 4.78 is 11.7. The molecule has 57 heavy (non-hydrogen) atoms. The normalized spacial score (nSPS) is 16.7. The molecule has 0 aliphatic carbocycles. The lowest BCUT2D eigenvalue weighted by atomic mass is 9.98. The van der Waals surface area contributed by atoms with Crippen LogP contribution in [0.1, 0.15) is 35.1 Å². The van der Waals surface area contributed by atoms with Crippen molar-refractivity contribution >= 4 is 12.4 Å². The van der Waals surface area contributed by atoms with Crippen molar-refractivity contribution in [2.24, 2.45) is 0 Å². The fourth-order valence-electron chi connectivity index (χ4n) is 6.90. The molecule has 0 bridgehead atoms. The standard InChI is InChI=1S/2C24H26N2O2.ClH/c2*27-23(12-18-5-2-1-3-6-18)13-19-7-4-8-20(11-19)21-14-24(16-25-15-21)28-17-22-9-10-26-22;/h2*1-8,11,14-16,22-23,26-27H,9-10,12-13,17H2;1H/t2*22-,23-;/m00./s1. The van der Waals surface area contributed by atoms with Crippen LogP contribution in [0.25, 0.3) is 22.3 Å². The Morgan fingerprint density at radius 3 is 1.26 bits per heavy atom. The Hall–Kier alpha value is -5.09. The molecule has 2 aromatic heterocycles. The summed E-state index contributed by atoms with van der Waals surface area (Å²) in [7, 11) is 0. The highest BCUT2D eigenvalue weighted by Crippen LogP contribution is 2.26. The maximum absolute atomic E-state index is 10.5. The number of rotatable bonds is 16. The molecule has 4 atom stereocenters. The van der Waals surface area contributed by atoms with Crippen molar-refractivity contribution < 1.29 is 19.7 Å². The Morgan fingerprint density at radius 1 is 0.491 bits per heavy atom. The molecular weight excluding hydrogens is 732 g/mol. The highest BCUT2D eigenvalue weighted by molar-refractivity contribution is 5.85. The third-order valence-corrected chi connectivity index (χ3v) is 10.3. The Labute approximate surface area is 342 Å². The summed E-state index contributed by atoms with van der Waals surface area (Å²) in [5.41, 5.74) is 8.77. The topological polar surface area (TPSA) is 109 Å². The quantitative estimate of drug-likeness (QED) is 0.0792. The highest BCUT2D eigenvalue weighted by atomic mass is 35.5. The molecule has 0 spiro atoms. The molecule has 4 heterocycles. The Bertz CT molecular complexity index is 1950. The van der Waals surface area contributed by atoms with E-state index in [4.69, 9.17) is 9.47 Å². The predicted octanol–water partition coefficient (Wildman–Crippen LogP) is 7.69. The van der Waals surface area contributed by atoms with Crippen molar-refractivity contribution in [2.45, 2.75) is 62.8 Å². The summed E-state index contributed by atoms with van der Waals surface area (Å²) in [5, 5.41) is 27.6. The van der Waals surface area contributed by atoms with Gasteiger partial charge in [0.25, 0.3) is 0 Å². The van der Waals surface area contributed by atoms with Crippen LogP contribution in [-0.2, 0) is 25.7 Å². The molecule has 0 amide bonds. The number of pyridine rings is 2. The molecule has 4 N–H and O–H groups in total. The van der Waals surface area contributed by atoms with Gasteiger partial charge in [0.2, 0.25) is 0 Å². The van der Waals surface area contributed by atoms with Crippen molar-refractivity contribution in [3.63, 3.8) is 0 Å². The van der Waals surface area contributed by atoms with E-state index in [9.17, 15) is 10.2 Å². The van der Waals surface area contributed by atoms with Gasteiger partial charge in [-0.15, -0.1) is 12.4 Å². The Morgan fingerprint density at radius 2 is 0.877 bits per heavy atom. The first-order valence-electron chi connectivity index (χ1n) is 19.8. The van der Waals surface area contributed by atoms with Crippen LogP contribution in [0.2, 0.25) is 0 Å². The fraction of sp³-hybridized carbons (Fsp3) is 0.292. The second-order valence-electron chi connectivity index (χ2n) is 14.8. The van der Waals surface area contributed by atoms with Crippen LogP contribution in [0.4, 0.5) is 0 Å². The number of ether oxygens (including phenoxy) is 2. The van der Waals surface area contributed by atoms with Gasteiger partial charge in [0.05, 0.1) is 24.6 Å². The predicted molar refractivity (Wildman–Crippen MR) is 230 cm³/mol. The van der Waals surface area contributed by atoms with Gasteiger partial charge < -0.3 is 30.3 Å². The zero-order chi connectivity index (χ0) is 38.4. The van der Waals surface area contributed by atoms with Crippen molar-refractivity contribution in [1.29, 1.82) is 0 Å². The van der Waals surface area contributed by atoms with E-state index < -0.39 is 12.2 Å². The summed E-state index contributed by atoms with van der Waals surface area (Å²) in [6.07, 6.45) is 11.3. The minimum absolute atomic E-state index is 0. The number of hydrogen-bond donors (Lipinski definition) is 4. The number of nitrogens with one attached hydrogen (secondary N) is 2. The first kappa shape index (κ1) is 41.5. The lowest BCUT2D eigenvalue weighted by Gasteiger charge is -2.27. The lowest BCUT2D eigenvalue weighted by Crippen LogP contribution is -2.46. The molecule has 8 nitrogen and oxygen atoms in total. The summed E-state index contributed by atoms with van der Waals surface area (Å²) in [4.78, 5) is 8.67. The van der Waals surface area contributed by atoms with Crippen molar-refractivity contribution in [2.75, 3.05) is 26.3 Å². The van der Waals surface area contributed by atoms with Crippen LogP contribution in [0, 0.1) is 0 Å². The van der Waals surface area contributed by atoms with Gasteiger partial charge in [0.1, 0.15) is 24.7 Å². The van der Waals surface area contributed by atoms with Crippen LogP contribution in [0.3, 0.4) is 0 Å². The number of hydrogen-bond acceptors (Lipinski definition) is 8. The van der Waals surface area contributed by atoms with E-state index in [-0.39, 0.29) is 12.4 Å². The van der Waals surface area contributed by atoms with E-state index in [1.165, 1.54) is 12.8 Å². The maximum Gasteiger partial charge on any atom is 0.138 e. The monoisotopic (exact) mass is 784 g/mol. The molecule has 8 rings (SSSR count). The number of nitrogens with zero attached hydrogens (tertiary/aromatic N) is 2. The highest BCUT2D eigenvalue weighted by Gasteiger charge is 2.18. The molecule has 296 valence electrons. The van der Waals surface area contributed by atoms with Gasteiger partial charge in [-0.2, -0.15) is 0 Å². The smallest absolute Gasteiger partial charge is 0.138 e. The SMILES string of the molecule is Cl.O[C@@H](Cc1ccccc1)Cc1cccc(-c2cncc(OC[C@@H]3CCN3)c2)c1.O[C@@H](Cc1ccccc1)Cc1cccc(-c2cncc(OC[C@@H]3CCN3)c2)c1. The molecule has 0 saturated carbocycles. The van der Waals surface area contributed by atoms with Gasteiger partial charge in [0, 0.05) is 35.6 Å². The Kier molecular flexibility index (Phi) is 15.6. The Balaban J connectivity index is 0.000000189. The van der Waals surface area contributed by atoms with Crippen LogP contribution >= 0.6 is 12.4 Å². The zero-order valence-electron chi connectivity index (χ0n) is 32.3. The second kappa shape index (κ2) is 21.4. The molecule has 6 aromatic rings. The maximum atomic E-state index is 10.5. The zero-order valence-corrected chi connectivity index (χ0v) is 33.1. The number of aliphatic hydroxyl groups is 2. The third kappa shape index (κ3) is 13.0. The van der Waals surface area contributed by atoms with Crippen LogP contribution < -0.4 is 20.1 Å². The molecular formula is C48H53ClN4O4. The van der Waals surface area contributed by atoms with Gasteiger partial charge in [-0.25, -0.2) is 0 Å². The summed E-state index contributed by atoms with van der Waals surface area (Å²) >= 11 is 0. The fourth-order valence-corrected chi connectivity index (χ4v) is 6.90. The van der Waals surface area contributed by atoms with E-state index in [2.05, 4.69) is 81.3 Å². The van der Waals surface area contributed by atoms with E-state index in [1.807, 2.05) is 73.1 Å². The van der Waals surface area contributed by atoms with E-state index in [0.717, 1.165) is 69.1 Å². The minimum Gasteiger partial charge on any atom is -0.490 e. The summed E-state index contributed by atoms with van der Waals surface area (Å²) in [5.74, 6) is 1.58. The van der Waals surface area contributed by atoms with Crippen molar-refractivity contribution in [3.8, 4) is 33.8 Å². The van der Waals surface area contributed by atoms with E-state index in [0.29, 0.717) is 51.0 Å². The second-order valence-corrected chi connectivity index (χ2v) is 14.8. The summed E-state index contributed by atoms with van der Waals surface area (Å²) in [6, 6.07) is 41.8. The number of benzene rings is 4. The lowest BCUT2D eigenvalue weighted by molar-refractivity contribution is 0.175. The third-order valence-electron chi connectivity index (χ3n) is 10.3. The van der Waals surface area contributed by atoms with Crippen molar-refractivity contribution in [1.82, 2.24) is 20.6 Å². The number of halogens is 1. The molecule has 2 fully saturated rings. The van der Waals surface area contributed by atoms with Gasteiger partial charge in [0.15, 0.2) is 0 Å². The average molecular weight is 785 g/mol. The van der Waals surface area contributed by atoms with Crippen LogP contribution in [-0.4, -0.2) is 70.8 Å². The van der Waals surface area contributed by atoms with E-state index >= 15 is 0 Å². The molecule has 9 heteroatoms. The number of aliphatic hydroxyl groups excluding tert-OH is 2. The molecule has 0 unspecified atom stereocenters. The first-order valence-corrected chi connectivity index (χ1v) is 19.8. The number of aromatic nitrogens is 2. The molecule has 2 aliphatic heterocycles. The van der Waals surface area contributed by atoms with Gasteiger partial charge in [-0.05, 0) is 97.1 Å². The average Bonchev–Trinajstić information content (AvgIpc) is 3.18. The van der Waals surface area contributed by atoms with Gasteiger partial charge >= 0.3 is 0 Å². The molecule has 2 saturated heterocycles. The van der Waals surface area contributed by atoms with Gasteiger partial charge in [-0.3, -0.25) is 9.97 Å². The molecule has 0 radical (unpaired) electrons. The first-order chi connectivity index (χ1) is 27.5. The molecule has 2 aliphatic rings. The van der Waals surface area contributed by atoms with Gasteiger partial charge in [-0.1, -0.05) is 109 Å². The van der Waals surface area contributed by atoms with E-state index in [1.54, 1.807) is 12.4 Å². The van der Waals surface area contributed by atoms with Crippen LogP contribution in [0.15, 0.2) is 146 Å². The minimum atomic E-state index is -0.402. The molecule has 4 aromatic carbocycles. The summed E-state index contributed by atoms with van der Waals surface area (Å²) in [6.45, 7) is 3.51.